The molecule has 2 aromatic heterocycles. The van der Waals surface area contributed by atoms with Crippen LogP contribution in [0.1, 0.15) is 15.8 Å². The first-order valence-electron chi connectivity index (χ1n) is 6.90. The maximum Gasteiger partial charge on any atom is 0.0463 e. The normalized spacial score (nSPS) is 20.9. The van der Waals surface area contributed by atoms with Gasteiger partial charge in [-0.3, -0.25) is 0 Å². The zero-order valence-corrected chi connectivity index (χ0v) is 14.6. The van der Waals surface area contributed by atoms with Gasteiger partial charge in [0.1, 0.15) is 0 Å². The van der Waals surface area contributed by atoms with Crippen molar-refractivity contribution in [3.05, 3.63) is 44.8 Å². The van der Waals surface area contributed by atoms with Crippen molar-refractivity contribution in [1.82, 2.24) is 5.32 Å². The van der Waals surface area contributed by atoms with Gasteiger partial charge in [0.15, 0.2) is 0 Å². The third kappa shape index (κ3) is 4.28. The van der Waals surface area contributed by atoms with Crippen molar-refractivity contribution in [1.29, 1.82) is 0 Å². The van der Waals surface area contributed by atoms with Crippen molar-refractivity contribution in [3.63, 3.8) is 0 Å². The minimum atomic E-state index is 0.473. The van der Waals surface area contributed by atoms with Gasteiger partial charge in [0, 0.05) is 51.3 Å². The van der Waals surface area contributed by atoms with Gasteiger partial charge < -0.3 is 5.32 Å². The molecule has 1 saturated heterocycles. The predicted octanol–water partition coefficient (Wildman–Crippen LogP) is 4.53. The molecule has 0 aromatic carbocycles. The molecule has 0 amide bonds. The molecule has 0 bridgehead atoms. The Morgan fingerprint density at radius 1 is 1.15 bits per heavy atom. The van der Waals surface area contributed by atoms with Crippen molar-refractivity contribution in [3.8, 4) is 0 Å². The van der Waals surface area contributed by atoms with E-state index in [1.807, 2.05) is 22.7 Å². The third-order valence-corrected chi connectivity index (χ3v) is 8.08. The molecule has 1 fully saturated rings. The lowest BCUT2D eigenvalue weighted by atomic mass is 10.1. The zero-order valence-electron chi connectivity index (χ0n) is 11.3. The van der Waals surface area contributed by atoms with Crippen LogP contribution in [0.15, 0.2) is 35.0 Å². The van der Waals surface area contributed by atoms with Crippen molar-refractivity contribution in [2.75, 3.05) is 23.8 Å². The Bertz CT molecular complexity index is 474. The smallest absolute Gasteiger partial charge is 0.0463 e. The molecule has 2 aromatic rings. The highest BCUT2D eigenvalue weighted by Crippen LogP contribution is 2.27. The standard InChI is InChI=1S/C15H19NS4/c1-3-12(18-5-1)9-14(15-4-2-6-20-15)16-10-13-11-17-7-8-19-13/h1-6,13-14,16H,7-11H2. The molecule has 3 rings (SSSR count). The second-order valence-electron chi connectivity index (χ2n) is 4.83. The van der Waals surface area contributed by atoms with Crippen molar-refractivity contribution in [2.24, 2.45) is 0 Å². The van der Waals surface area contributed by atoms with Gasteiger partial charge >= 0.3 is 0 Å². The molecule has 5 heteroatoms. The number of thioether (sulfide) groups is 2. The maximum atomic E-state index is 3.81. The van der Waals surface area contributed by atoms with Crippen LogP contribution in [0.4, 0.5) is 0 Å². The Kier molecular flexibility index (Phi) is 5.91. The molecule has 1 aliphatic heterocycles. The molecule has 108 valence electrons. The van der Waals surface area contributed by atoms with Crippen LogP contribution in [-0.4, -0.2) is 29.1 Å². The van der Waals surface area contributed by atoms with Gasteiger partial charge in [-0.1, -0.05) is 12.1 Å². The maximum absolute atomic E-state index is 3.81. The van der Waals surface area contributed by atoms with Crippen LogP contribution in [-0.2, 0) is 6.42 Å². The van der Waals surface area contributed by atoms with Gasteiger partial charge in [-0.15, -0.1) is 22.7 Å². The van der Waals surface area contributed by atoms with Crippen LogP contribution in [0.5, 0.6) is 0 Å². The van der Waals surface area contributed by atoms with Gasteiger partial charge in [-0.25, -0.2) is 0 Å². The summed E-state index contributed by atoms with van der Waals surface area (Å²) in [6.45, 7) is 1.13. The number of rotatable bonds is 6. The summed E-state index contributed by atoms with van der Waals surface area (Å²) in [6, 6.07) is 9.30. The fraction of sp³-hybridized carbons (Fsp3) is 0.467. The minimum absolute atomic E-state index is 0.473. The highest BCUT2D eigenvalue weighted by atomic mass is 32.2. The summed E-state index contributed by atoms with van der Waals surface area (Å²) in [6.07, 6.45) is 1.11. The summed E-state index contributed by atoms with van der Waals surface area (Å²) >= 11 is 7.97. The fourth-order valence-corrected chi connectivity index (χ4v) is 6.50. The summed E-state index contributed by atoms with van der Waals surface area (Å²) in [7, 11) is 0. The minimum Gasteiger partial charge on any atom is -0.308 e. The van der Waals surface area contributed by atoms with Gasteiger partial charge in [-0.05, 0) is 22.9 Å². The van der Waals surface area contributed by atoms with Crippen molar-refractivity contribution in [2.45, 2.75) is 17.7 Å². The summed E-state index contributed by atoms with van der Waals surface area (Å²) in [5, 5.41) is 8.95. The highest BCUT2D eigenvalue weighted by Gasteiger charge is 2.18. The predicted molar refractivity (Wildman–Crippen MR) is 96.7 cm³/mol. The van der Waals surface area contributed by atoms with Crippen LogP contribution in [0, 0.1) is 0 Å². The molecule has 0 spiro atoms. The summed E-state index contributed by atoms with van der Waals surface area (Å²) in [5.41, 5.74) is 0. The Balaban J connectivity index is 1.60. The molecular formula is C15H19NS4. The zero-order chi connectivity index (χ0) is 13.6. The van der Waals surface area contributed by atoms with E-state index in [2.05, 4.69) is 63.9 Å². The molecule has 1 N–H and O–H groups in total. The van der Waals surface area contributed by atoms with E-state index in [0.717, 1.165) is 18.2 Å². The molecule has 3 heterocycles. The Labute approximate surface area is 137 Å². The average molecular weight is 342 g/mol. The molecule has 1 nitrogen and oxygen atoms in total. The first-order valence-corrected chi connectivity index (χ1v) is 10.9. The van der Waals surface area contributed by atoms with E-state index < -0.39 is 0 Å². The lowest BCUT2D eigenvalue weighted by Crippen LogP contribution is -2.32. The van der Waals surface area contributed by atoms with E-state index in [-0.39, 0.29) is 0 Å². The molecule has 2 atom stereocenters. The van der Waals surface area contributed by atoms with E-state index in [4.69, 9.17) is 0 Å². The fourth-order valence-electron chi connectivity index (χ4n) is 2.32. The van der Waals surface area contributed by atoms with Crippen LogP contribution < -0.4 is 5.32 Å². The molecule has 2 unspecified atom stereocenters. The Morgan fingerprint density at radius 2 is 2.05 bits per heavy atom. The van der Waals surface area contributed by atoms with E-state index in [0.29, 0.717) is 6.04 Å². The van der Waals surface area contributed by atoms with Crippen LogP contribution in [0.2, 0.25) is 0 Å². The molecule has 0 radical (unpaired) electrons. The molecule has 0 aliphatic carbocycles. The monoisotopic (exact) mass is 341 g/mol. The van der Waals surface area contributed by atoms with E-state index in [1.54, 1.807) is 0 Å². The Hall–Kier alpha value is 0.0600. The van der Waals surface area contributed by atoms with Gasteiger partial charge in [0.05, 0.1) is 0 Å². The number of hydrogen-bond acceptors (Lipinski definition) is 5. The van der Waals surface area contributed by atoms with E-state index in [1.165, 1.54) is 27.0 Å². The summed E-state index contributed by atoms with van der Waals surface area (Å²) < 4.78 is 0. The van der Waals surface area contributed by atoms with Gasteiger partial charge in [-0.2, -0.15) is 23.5 Å². The molecular weight excluding hydrogens is 322 g/mol. The first-order chi connectivity index (χ1) is 9.92. The quantitative estimate of drug-likeness (QED) is 0.829. The molecule has 1 aliphatic rings. The van der Waals surface area contributed by atoms with Crippen LogP contribution in [0.25, 0.3) is 0 Å². The summed E-state index contributed by atoms with van der Waals surface area (Å²) in [4.78, 5) is 2.94. The topological polar surface area (TPSA) is 12.0 Å². The van der Waals surface area contributed by atoms with E-state index >= 15 is 0 Å². The van der Waals surface area contributed by atoms with Crippen LogP contribution in [0.3, 0.4) is 0 Å². The largest absolute Gasteiger partial charge is 0.308 e. The lowest BCUT2D eigenvalue weighted by Gasteiger charge is -2.24. The Morgan fingerprint density at radius 3 is 2.75 bits per heavy atom. The SMILES string of the molecule is c1csc(CC(NCC2CSCCS2)c2cccs2)c1. The second-order valence-corrected chi connectivity index (χ2v) is 9.40. The number of nitrogens with one attached hydrogen (secondary N) is 1. The van der Waals surface area contributed by atoms with E-state index in [9.17, 15) is 0 Å². The van der Waals surface area contributed by atoms with Crippen molar-refractivity contribution >= 4 is 46.2 Å². The average Bonchev–Trinajstić information content (AvgIpc) is 3.17. The number of hydrogen-bond donors (Lipinski definition) is 1. The first kappa shape index (κ1) is 15.0. The van der Waals surface area contributed by atoms with Crippen molar-refractivity contribution < 1.29 is 0 Å². The highest BCUT2D eigenvalue weighted by molar-refractivity contribution is 8.06. The lowest BCUT2D eigenvalue weighted by molar-refractivity contribution is 0.545. The molecule has 0 saturated carbocycles. The van der Waals surface area contributed by atoms with Crippen LogP contribution >= 0.6 is 46.2 Å². The van der Waals surface area contributed by atoms with Gasteiger partial charge in [0.25, 0.3) is 0 Å². The number of thiophene rings is 2. The third-order valence-electron chi connectivity index (χ3n) is 3.35. The second kappa shape index (κ2) is 7.90. The van der Waals surface area contributed by atoms with Gasteiger partial charge in [0.2, 0.25) is 0 Å². The summed E-state index contributed by atoms with van der Waals surface area (Å²) in [5.74, 6) is 3.93. The molecule has 20 heavy (non-hydrogen) atoms.